The van der Waals surface area contributed by atoms with E-state index in [1.54, 1.807) is 0 Å². The summed E-state index contributed by atoms with van der Waals surface area (Å²) < 4.78 is 24.0. The van der Waals surface area contributed by atoms with Crippen LogP contribution in [-0.4, -0.2) is 61.7 Å². The summed E-state index contributed by atoms with van der Waals surface area (Å²) in [7, 11) is 0. The molecule has 0 saturated carbocycles. The number of hydrogen-bond donors (Lipinski definition) is 1. The number of benzene rings is 2. The minimum Gasteiger partial charge on any atom is -0.381 e. The molecule has 9 heteroatoms. The van der Waals surface area contributed by atoms with Gasteiger partial charge in [0.15, 0.2) is 0 Å². The smallest absolute Gasteiger partial charge is 0.222 e. The zero-order valence-electron chi connectivity index (χ0n) is 21.2. The standard InChI is InChI=1S/C29H29FN6O2/c1-2-27(37)34-16-23(17-34)35-15-20(14-32-35)28-24-12-25-19(13-31-33-25)11-26(24)36(22-5-3-21(30)4-6-22)29(28)18-7-9-38-10-8-18/h3-6,11-15,18,23H,2,7-10,16-17H2,1H3,(H,31,33). The summed E-state index contributed by atoms with van der Waals surface area (Å²) in [6.45, 7) is 4.69. The molecule has 8 nitrogen and oxygen atoms in total. The van der Waals surface area contributed by atoms with Gasteiger partial charge in [-0.15, -0.1) is 0 Å². The van der Waals surface area contributed by atoms with Gasteiger partial charge < -0.3 is 14.2 Å². The molecule has 1 N–H and O–H groups in total. The van der Waals surface area contributed by atoms with Crippen molar-refractivity contribution in [3.8, 4) is 16.8 Å². The molecule has 7 rings (SSSR count). The van der Waals surface area contributed by atoms with E-state index in [2.05, 4.69) is 33.1 Å². The summed E-state index contributed by atoms with van der Waals surface area (Å²) in [5.74, 6) is 0.200. The summed E-state index contributed by atoms with van der Waals surface area (Å²) in [5.41, 5.74) is 6.32. The van der Waals surface area contributed by atoms with Gasteiger partial charge in [-0.3, -0.25) is 14.6 Å². The monoisotopic (exact) mass is 512 g/mol. The van der Waals surface area contributed by atoms with Crippen LogP contribution in [0.1, 0.15) is 43.8 Å². The van der Waals surface area contributed by atoms with Crippen molar-refractivity contribution in [1.82, 2.24) is 29.4 Å². The Balaban J connectivity index is 1.43. The lowest BCUT2D eigenvalue weighted by Crippen LogP contribution is -2.50. The largest absolute Gasteiger partial charge is 0.381 e. The van der Waals surface area contributed by atoms with Crippen LogP contribution in [0.4, 0.5) is 4.39 Å². The van der Waals surface area contributed by atoms with Gasteiger partial charge in [0.05, 0.1) is 29.5 Å². The van der Waals surface area contributed by atoms with Gasteiger partial charge in [-0.1, -0.05) is 6.92 Å². The Morgan fingerprint density at radius 1 is 1.13 bits per heavy atom. The zero-order valence-corrected chi connectivity index (χ0v) is 21.2. The number of carbonyl (C=O) groups excluding carboxylic acids is 1. The van der Waals surface area contributed by atoms with Crippen LogP contribution >= 0.6 is 0 Å². The van der Waals surface area contributed by atoms with Gasteiger partial charge in [-0.25, -0.2) is 4.39 Å². The third-order valence-corrected chi connectivity index (χ3v) is 8.04. The molecule has 1 amide bonds. The normalized spacial score (nSPS) is 16.9. The molecule has 2 aliphatic rings. The van der Waals surface area contributed by atoms with Gasteiger partial charge in [-0.05, 0) is 49.2 Å². The Hall–Kier alpha value is -3.98. The number of ether oxygens (including phenoxy) is 1. The second-order valence-corrected chi connectivity index (χ2v) is 10.3. The average molecular weight is 513 g/mol. The molecule has 2 saturated heterocycles. The molecule has 0 aliphatic carbocycles. The van der Waals surface area contributed by atoms with E-state index in [1.165, 1.54) is 17.8 Å². The van der Waals surface area contributed by atoms with Crippen molar-refractivity contribution in [1.29, 1.82) is 0 Å². The molecule has 194 valence electrons. The molecule has 2 aliphatic heterocycles. The number of rotatable bonds is 5. The Bertz CT molecular complexity index is 1640. The second kappa shape index (κ2) is 9.09. The number of halogens is 1. The SMILES string of the molecule is CCC(=O)N1CC(n2cc(-c3c(C4CCOCC4)n(-c4ccc(F)cc4)c4cc5cn[nH]c5cc34)cn2)C1. The summed E-state index contributed by atoms with van der Waals surface area (Å²) in [5, 5.41) is 14.3. The number of likely N-dealkylation sites (tertiary alicyclic amines) is 1. The number of aromatic nitrogens is 5. The van der Waals surface area contributed by atoms with Crippen LogP contribution in [0.25, 0.3) is 38.6 Å². The van der Waals surface area contributed by atoms with Crippen LogP contribution < -0.4 is 0 Å². The topological polar surface area (TPSA) is 81.0 Å². The van der Waals surface area contributed by atoms with Crippen LogP contribution in [0, 0.1) is 5.82 Å². The molecular weight excluding hydrogens is 483 g/mol. The van der Waals surface area contributed by atoms with Crippen molar-refractivity contribution < 1.29 is 13.9 Å². The number of carbonyl (C=O) groups is 1. The molecule has 5 aromatic rings. The van der Waals surface area contributed by atoms with Gasteiger partial charge in [0, 0.05) is 78.1 Å². The predicted molar refractivity (Wildman–Crippen MR) is 143 cm³/mol. The third kappa shape index (κ3) is 3.72. The first kappa shape index (κ1) is 23.2. The first-order valence-electron chi connectivity index (χ1n) is 13.3. The Kier molecular flexibility index (Phi) is 5.54. The van der Waals surface area contributed by atoms with Gasteiger partial charge in [0.25, 0.3) is 0 Å². The fourth-order valence-corrected chi connectivity index (χ4v) is 5.99. The average Bonchev–Trinajstić information content (AvgIpc) is 3.64. The molecule has 0 bridgehead atoms. The lowest BCUT2D eigenvalue weighted by atomic mass is 9.90. The molecule has 3 aromatic heterocycles. The fourth-order valence-electron chi connectivity index (χ4n) is 5.99. The molecule has 5 heterocycles. The minimum absolute atomic E-state index is 0.176. The highest BCUT2D eigenvalue weighted by atomic mass is 19.1. The first-order valence-corrected chi connectivity index (χ1v) is 13.3. The van der Waals surface area contributed by atoms with E-state index in [9.17, 15) is 9.18 Å². The van der Waals surface area contributed by atoms with Crippen molar-refractivity contribution in [2.24, 2.45) is 0 Å². The maximum atomic E-state index is 14.0. The highest BCUT2D eigenvalue weighted by molar-refractivity contribution is 6.05. The van der Waals surface area contributed by atoms with Gasteiger partial charge >= 0.3 is 0 Å². The summed E-state index contributed by atoms with van der Waals surface area (Å²) in [4.78, 5) is 13.9. The van der Waals surface area contributed by atoms with E-state index in [-0.39, 0.29) is 23.7 Å². The molecule has 0 unspecified atom stereocenters. The van der Waals surface area contributed by atoms with Gasteiger partial charge in [0.1, 0.15) is 5.82 Å². The predicted octanol–water partition coefficient (Wildman–Crippen LogP) is 5.20. The van der Waals surface area contributed by atoms with Crippen molar-refractivity contribution in [3.63, 3.8) is 0 Å². The number of fused-ring (bicyclic) bond motifs is 2. The number of nitrogens with one attached hydrogen (secondary N) is 1. The maximum absolute atomic E-state index is 14.0. The van der Waals surface area contributed by atoms with Crippen LogP contribution in [0.3, 0.4) is 0 Å². The number of hydrogen-bond acceptors (Lipinski definition) is 4. The maximum Gasteiger partial charge on any atom is 0.222 e. The van der Waals surface area contributed by atoms with Crippen LogP contribution in [-0.2, 0) is 9.53 Å². The molecule has 2 aromatic carbocycles. The number of amides is 1. The van der Waals surface area contributed by atoms with E-state index < -0.39 is 0 Å². The Morgan fingerprint density at radius 2 is 1.92 bits per heavy atom. The van der Waals surface area contributed by atoms with Crippen molar-refractivity contribution in [3.05, 3.63) is 66.5 Å². The minimum atomic E-state index is -0.257. The van der Waals surface area contributed by atoms with E-state index in [4.69, 9.17) is 9.84 Å². The molecule has 0 radical (unpaired) electrons. The number of aromatic amines is 1. The van der Waals surface area contributed by atoms with Crippen molar-refractivity contribution in [2.45, 2.75) is 38.1 Å². The zero-order chi connectivity index (χ0) is 25.8. The fraction of sp³-hybridized carbons (Fsp3) is 0.345. The van der Waals surface area contributed by atoms with Gasteiger partial charge in [0.2, 0.25) is 5.91 Å². The summed E-state index contributed by atoms with van der Waals surface area (Å²) >= 11 is 0. The molecule has 0 spiro atoms. The lowest BCUT2D eigenvalue weighted by molar-refractivity contribution is -0.136. The van der Waals surface area contributed by atoms with Crippen LogP contribution in [0.2, 0.25) is 0 Å². The van der Waals surface area contributed by atoms with E-state index in [0.717, 1.165) is 51.5 Å². The molecule has 2 fully saturated rings. The molecule has 38 heavy (non-hydrogen) atoms. The lowest BCUT2D eigenvalue weighted by Gasteiger charge is -2.39. The van der Waals surface area contributed by atoms with Crippen LogP contribution in [0.15, 0.2) is 55.0 Å². The van der Waals surface area contributed by atoms with Crippen LogP contribution in [0.5, 0.6) is 0 Å². The van der Waals surface area contributed by atoms with E-state index in [0.29, 0.717) is 32.7 Å². The number of nitrogens with zero attached hydrogens (tertiary/aromatic N) is 5. The highest BCUT2D eigenvalue weighted by Crippen LogP contribution is 2.44. The van der Waals surface area contributed by atoms with E-state index in [1.807, 2.05) is 41.0 Å². The van der Waals surface area contributed by atoms with Crippen molar-refractivity contribution in [2.75, 3.05) is 26.3 Å². The summed E-state index contributed by atoms with van der Waals surface area (Å²) in [6, 6.07) is 11.2. The highest BCUT2D eigenvalue weighted by Gasteiger charge is 2.33. The molecular formula is C29H29FN6O2. The second-order valence-electron chi connectivity index (χ2n) is 10.3. The molecule has 0 atom stereocenters. The quantitative estimate of drug-likeness (QED) is 0.351. The Labute approximate surface area is 219 Å². The number of H-pyrrole nitrogens is 1. The summed E-state index contributed by atoms with van der Waals surface area (Å²) in [6.07, 6.45) is 8.23. The van der Waals surface area contributed by atoms with Crippen molar-refractivity contribution >= 4 is 27.7 Å². The Morgan fingerprint density at radius 3 is 2.68 bits per heavy atom. The first-order chi connectivity index (χ1) is 18.6. The third-order valence-electron chi connectivity index (χ3n) is 8.04. The van der Waals surface area contributed by atoms with E-state index >= 15 is 0 Å². The van der Waals surface area contributed by atoms with Gasteiger partial charge in [-0.2, -0.15) is 10.2 Å².